The van der Waals surface area contributed by atoms with Crippen LogP contribution in [0.25, 0.3) is 0 Å². The van der Waals surface area contributed by atoms with Gasteiger partial charge >= 0.3 is 0 Å². The average Bonchev–Trinajstić information content (AvgIpc) is 3.07. The van der Waals surface area contributed by atoms with E-state index in [4.69, 9.17) is 4.74 Å². The van der Waals surface area contributed by atoms with E-state index in [1.54, 1.807) is 7.11 Å². The molecule has 0 radical (unpaired) electrons. The van der Waals surface area contributed by atoms with Crippen molar-refractivity contribution in [1.29, 1.82) is 0 Å². The number of anilines is 3. The Morgan fingerprint density at radius 2 is 1.30 bits per heavy atom. The summed E-state index contributed by atoms with van der Waals surface area (Å²) in [6.45, 7) is 7.17. The molecular weight excluding hydrogens is 548 g/mol. The highest BCUT2D eigenvalue weighted by Gasteiger charge is 2.26. The number of likely N-dealkylation sites (tertiary alicyclic amines) is 1. The average molecular weight is 605 g/mol. The van der Waals surface area contributed by atoms with Crippen LogP contribution in [0, 0.1) is 0 Å². The third kappa shape index (κ3) is 10.2. The molecule has 0 unspecified atom stereocenters. The van der Waals surface area contributed by atoms with Crippen molar-refractivity contribution < 1.29 is 14.3 Å². The lowest BCUT2D eigenvalue weighted by atomic mass is 10.0. The number of rotatable bonds is 17. The number of hydrogen-bond acceptors (Lipinski definition) is 5. The first-order valence-corrected chi connectivity index (χ1v) is 17.5. The predicted molar refractivity (Wildman–Crippen MR) is 183 cm³/mol. The molecular formula is C37H56N4O3. The van der Waals surface area contributed by atoms with E-state index in [9.17, 15) is 9.59 Å². The van der Waals surface area contributed by atoms with Crippen molar-refractivity contribution in [2.75, 3.05) is 61.5 Å². The molecule has 44 heavy (non-hydrogen) atoms. The summed E-state index contributed by atoms with van der Waals surface area (Å²) in [6.07, 6.45) is 17.7. The lowest BCUT2D eigenvalue weighted by Gasteiger charge is -2.39. The van der Waals surface area contributed by atoms with Crippen LogP contribution < -0.4 is 19.9 Å². The van der Waals surface area contributed by atoms with Crippen LogP contribution in [0.2, 0.25) is 0 Å². The second-order valence-corrected chi connectivity index (χ2v) is 12.6. The summed E-state index contributed by atoms with van der Waals surface area (Å²) in [5.41, 5.74) is 3.48. The molecule has 2 aliphatic heterocycles. The highest BCUT2D eigenvalue weighted by molar-refractivity contribution is 6.02. The maximum atomic E-state index is 13.8. The Bertz CT molecular complexity index is 1160. The first kappa shape index (κ1) is 33.7. The number of piperazine rings is 1. The zero-order valence-corrected chi connectivity index (χ0v) is 27.5. The second kappa shape index (κ2) is 18.6. The van der Waals surface area contributed by atoms with E-state index in [-0.39, 0.29) is 11.8 Å². The van der Waals surface area contributed by atoms with Gasteiger partial charge in [-0.05, 0) is 56.0 Å². The molecule has 7 heteroatoms. The quantitative estimate of drug-likeness (QED) is 0.184. The summed E-state index contributed by atoms with van der Waals surface area (Å²) >= 11 is 0. The van der Waals surface area contributed by atoms with E-state index >= 15 is 0 Å². The number of nitrogens with one attached hydrogen (secondary N) is 1. The third-order valence-corrected chi connectivity index (χ3v) is 9.21. The molecule has 0 bridgehead atoms. The van der Waals surface area contributed by atoms with Gasteiger partial charge in [-0.1, -0.05) is 83.3 Å². The Balaban J connectivity index is 1.30. The topological polar surface area (TPSA) is 65.1 Å². The van der Waals surface area contributed by atoms with E-state index in [1.165, 1.54) is 64.2 Å². The molecule has 0 saturated carbocycles. The Morgan fingerprint density at radius 1 is 0.705 bits per heavy atom. The minimum atomic E-state index is 0.0375. The fourth-order valence-corrected chi connectivity index (χ4v) is 6.58. The van der Waals surface area contributed by atoms with Crippen LogP contribution in [0.4, 0.5) is 17.1 Å². The maximum Gasteiger partial charge on any atom is 0.256 e. The minimum Gasteiger partial charge on any atom is -0.495 e. The van der Waals surface area contributed by atoms with Gasteiger partial charge in [-0.3, -0.25) is 9.59 Å². The number of unbranched alkanes of at least 4 members (excludes halogenated alkanes) is 10. The summed E-state index contributed by atoms with van der Waals surface area (Å²) in [5.74, 6) is 0.999. The van der Waals surface area contributed by atoms with Gasteiger partial charge in [-0.2, -0.15) is 0 Å². The van der Waals surface area contributed by atoms with Gasteiger partial charge in [0.2, 0.25) is 5.91 Å². The number of ether oxygens (including phenoxy) is 1. The van der Waals surface area contributed by atoms with Crippen molar-refractivity contribution in [3.8, 4) is 5.75 Å². The van der Waals surface area contributed by atoms with Crippen LogP contribution in [-0.4, -0.2) is 63.1 Å². The zero-order chi connectivity index (χ0) is 31.0. The summed E-state index contributed by atoms with van der Waals surface area (Å²) < 4.78 is 5.60. The fourth-order valence-electron chi connectivity index (χ4n) is 6.58. The summed E-state index contributed by atoms with van der Waals surface area (Å²) in [6, 6.07) is 14.1. The number of amides is 2. The molecule has 1 N–H and O–H groups in total. The second-order valence-electron chi connectivity index (χ2n) is 12.6. The van der Waals surface area contributed by atoms with Crippen molar-refractivity contribution in [3.05, 3.63) is 48.0 Å². The van der Waals surface area contributed by atoms with Gasteiger partial charge < -0.3 is 24.8 Å². The summed E-state index contributed by atoms with van der Waals surface area (Å²) in [5, 5.41) is 3.10. The first-order chi connectivity index (χ1) is 21.6. The minimum absolute atomic E-state index is 0.0375. The fraction of sp³-hybridized carbons (Fsp3) is 0.622. The monoisotopic (exact) mass is 604 g/mol. The van der Waals surface area contributed by atoms with Crippen LogP contribution in [0.15, 0.2) is 42.5 Å². The van der Waals surface area contributed by atoms with E-state index in [1.807, 2.05) is 41.3 Å². The first-order valence-electron chi connectivity index (χ1n) is 17.5. The molecule has 2 amide bonds. The van der Waals surface area contributed by atoms with Gasteiger partial charge in [-0.15, -0.1) is 0 Å². The molecule has 2 aliphatic rings. The molecule has 242 valence electrons. The van der Waals surface area contributed by atoms with E-state index in [0.717, 1.165) is 87.8 Å². The Kier molecular flexibility index (Phi) is 14.2. The highest BCUT2D eigenvalue weighted by Crippen LogP contribution is 2.32. The van der Waals surface area contributed by atoms with Crippen molar-refractivity contribution in [1.82, 2.24) is 4.90 Å². The van der Waals surface area contributed by atoms with Crippen molar-refractivity contribution in [2.24, 2.45) is 0 Å². The lowest BCUT2D eigenvalue weighted by molar-refractivity contribution is -0.116. The normalized spacial score (nSPS) is 15.4. The standard InChI is InChI=1S/C37H56N4O3/c1-3-4-5-6-7-8-9-10-11-12-14-21-36(42)38-31-22-23-33(32(30-31)37(43)41-24-17-13-18-25-41)39-26-28-40(29-27-39)34-19-15-16-20-35(34)44-2/h15-16,19-20,22-23,30H,3-14,17-18,21,24-29H2,1-2H3,(H,38,42). The third-order valence-electron chi connectivity index (χ3n) is 9.21. The molecule has 0 atom stereocenters. The van der Waals surface area contributed by atoms with Gasteiger partial charge in [-0.25, -0.2) is 0 Å². The van der Waals surface area contributed by atoms with Gasteiger partial charge in [0.05, 0.1) is 18.4 Å². The molecule has 2 aromatic rings. The molecule has 2 fully saturated rings. The number of piperidine rings is 1. The molecule has 0 spiro atoms. The summed E-state index contributed by atoms with van der Waals surface area (Å²) in [7, 11) is 1.71. The Morgan fingerprint density at radius 3 is 1.93 bits per heavy atom. The molecule has 2 aromatic carbocycles. The van der Waals surface area contributed by atoms with E-state index < -0.39 is 0 Å². The van der Waals surface area contributed by atoms with Gasteiger partial charge in [0.1, 0.15) is 5.75 Å². The number of para-hydroxylation sites is 2. The maximum absolute atomic E-state index is 13.8. The largest absolute Gasteiger partial charge is 0.495 e. The van der Waals surface area contributed by atoms with Crippen molar-refractivity contribution in [3.63, 3.8) is 0 Å². The number of methoxy groups -OCH3 is 1. The molecule has 0 aliphatic carbocycles. The van der Waals surface area contributed by atoms with E-state index in [0.29, 0.717) is 12.0 Å². The number of benzene rings is 2. The number of hydrogen-bond donors (Lipinski definition) is 1. The van der Waals surface area contributed by atoms with Crippen LogP contribution in [0.3, 0.4) is 0 Å². The molecule has 0 aromatic heterocycles. The predicted octanol–water partition coefficient (Wildman–Crippen LogP) is 8.29. The Hall–Kier alpha value is -3.22. The molecule has 4 rings (SSSR count). The molecule has 2 heterocycles. The highest BCUT2D eigenvalue weighted by atomic mass is 16.5. The number of carbonyl (C=O) groups is 2. The smallest absolute Gasteiger partial charge is 0.256 e. The van der Waals surface area contributed by atoms with Crippen LogP contribution in [0.5, 0.6) is 5.75 Å². The Labute approximate surface area is 266 Å². The van der Waals surface area contributed by atoms with Gasteiger partial charge in [0.15, 0.2) is 0 Å². The SMILES string of the molecule is CCCCCCCCCCCCCC(=O)Nc1ccc(N2CCN(c3ccccc3OC)CC2)c(C(=O)N2CCCCC2)c1. The van der Waals surface area contributed by atoms with Crippen molar-refractivity contribution in [2.45, 2.75) is 103 Å². The van der Waals surface area contributed by atoms with Gasteiger partial charge in [0, 0.05) is 57.1 Å². The van der Waals surface area contributed by atoms with Crippen molar-refractivity contribution >= 4 is 28.9 Å². The molecule has 2 saturated heterocycles. The number of nitrogens with zero attached hydrogens (tertiary/aromatic N) is 3. The summed E-state index contributed by atoms with van der Waals surface area (Å²) in [4.78, 5) is 33.3. The van der Waals surface area contributed by atoms with Crippen LogP contribution >= 0.6 is 0 Å². The van der Waals surface area contributed by atoms with Crippen LogP contribution in [0.1, 0.15) is 114 Å². The van der Waals surface area contributed by atoms with Gasteiger partial charge in [0.25, 0.3) is 5.91 Å². The number of carbonyl (C=O) groups excluding carboxylic acids is 2. The lowest BCUT2D eigenvalue weighted by Crippen LogP contribution is -2.47. The molecule has 7 nitrogen and oxygen atoms in total. The zero-order valence-electron chi connectivity index (χ0n) is 27.5. The van der Waals surface area contributed by atoms with Crippen LogP contribution in [-0.2, 0) is 4.79 Å². The van der Waals surface area contributed by atoms with E-state index in [2.05, 4.69) is 28.1 Å².